The molecular weight excluding hydrogens is 336 g/mol. The normalized spacial score (nSPS) is 54.1. The second-order valence-corrected chi connectivity index (χ2v) is 8.94. The molecule has 142 valence electrons. The number of esters is 2. The summed E-state index contributed by atoms with van der Waals surface area (Å²) in [6.07, 6.45) is 2.87. The minimum atomic E-state index is -0.369. The molecule has 26 heavy (non-hydrogen) atoms. The molecule has 3 saturated heterocycles. The van der Waals surface area contributed by atoms with Gasteiger partial charge in [0.05, 0.1) is 12.5 Å². The Morgan fingerprint density at radius 3 is 2.73 bits per heavy atom. The molecule has 0 unspecified atom stereocenters. The van der Waals surface area contributed by atoms with E-state index in [1.165, 1.54) is 0 Å². The number of epoxide rings is 2. The zero-order chi connectivity index (χ0) is 18.4. The van der Waals surface area contributed by atoms with Gasteiger partial charge in [-0.05, 0) is 26.7 Å². The number of rotatable bonds is 2. The van der Waals surface area contributed by atoms with Gasteiger partial charge in [0.25, 0.3) is 0 Å². The molecule has 0 aromatic heterocycles. The lowest BCUT2D eigenvalue weighted by molar-refractivity contribution is -0.182. The van der Waals surface area contributed by atoms with Crippen LogP contribution in [-0.2, 0) is 28.5 Å². The van der Waals surface area contributed by atoms with E-state index in [2.05, 4.69) is 6.92 Å². The van der Waals surface area contributed by atoms with Gasteiger partial charge in [-0.3, -0.25) is 4.79 Å². The summed E-state index contributed by atoms with van der Waals surface area (Å²) in [4.78, 5) is 24.7. The van der Waals surface area contributed by atoms with Gasteiger partial charge in [0.15, 0.2) is 0 Å². The Morgan fingerprint density at radius 2 is 2.08 bits per heavy atom. The SMILES string of the molecule is C/C=C(/C)C(=O)O[C@@H]1[C@@H]2O[C@@H]2[C@]2(CO2)[C@@H]2[C@@H]3OC(=O)[C@H](C)[C@@H]3CC[C@@]12C. The van der Waals surface area contributed by atoms with Crippen molar-refractivity contribution in [1.29, 1.82) is 0 Å². The van der Waals surface area contributed by atoms with E-state index >= 15 is 0 Å². The van der Waals surface area contributed by atoms with Gasteiger partial charge in [-0.1, -0.05) is 19.9 Å². The van der Waals surface area contributed by atoms with E-state index in [1.807, 2.05) is 13.8 Å². The maximum absolute atomic E-state index is 12.5. The van der Waals surface area contributed by atoms with Crippen molar-refractivity contribution < 1.29 is 28.5 Å². The van der Waals surface area contributed by atoms with Crippen molar-refractivity contribution in [2.75, 3.05) is 6.61 Å². The zero-order valence-corrected chi connectivity index (χ0v) is 15.7. The summed E-state index contributed by atoms with van der Waals surface area (Å²) >= 11 is 0. The Hall–Kier alpha value is -1.40. The lowest BCUT2D eigenvalue weighted by Gasteiger charge is -2.53. The summed E-state index contributed by atoms with van der Waals surface area (Å²) < 4.78 is 23.8. The molecular formula is C20H26O6. The van der Waals surface area contributed by atoms with Crippen LogP contribution < -0.4 is 0 Å². The molecule has 2 aliphatic carbocycles. The number of fused-ring (bicyclic) bond motifs is 6. The van der Waals surface area contributed by atoms with Gasteiger partial charge < -0.3 is 18.9 Å². The van der Waals surface area contributed by atoms with Gasteiger partial charge >= 0.3 is 11.9 Å². The smallest absolute Gasteiger partial charge is 0.333 e. The molecule has 3 aliphatic heterocycles. The van der Waals surface area contributed by atoms with Crippen LogP contribution >= 0.6 is 0 Å². The first kappa shape index (κ1) is 16.8. The third kappa shape index (κ3) is 1.95. The van der Waals surface area contributed by atoms with Crippen LogP contribution in [0.25, 0.3) is 0 Å². The van der Waals surface area contributed by atoms with Crippen LogP contribution in [-0.4, -0.2) is 48.6 Å². The van der Waals surface area contributed by atoms with E-state index in [4.69, 9.17) is 18.9 Å². The summed E-state index contributed by atoms with van der Waals surface area (Å²) in [5, 5.41) is 0. The largest absolute Gasteiger partial charge is 0.461 e. The predicted molar refractivity (Wildman–Crippen MR) is 90.0 cm³/mol. The third-order valence-electron chi connectivity index (χ3n) is 7.69. The van der Waals surface area contributed by atoms with Crippen LogP contribution in [0.3, 0.4) is 0 Å². The van der Waals surface area contributed by atoms with Gasteiger partial charge in [-0.25, -0.2) is 4.79 Å². The molecule has 6 heteroatoms. The number of carbonyl (C=O) groups excluding carboxylic acids is 2. The number of hydrogen-bond acceptors (Lipinski definition) is 6. The molecule has 0 amide bonds. The summed E-state index contributed by atoms with van der Waals surface area (Å²) in [6.45, 7) is 8.35. The van der Waals surface area contributed by atoms with E-state index < -0.39 is 0 Å². The maximum atomic E-state index is 12.5. The summed E-state index contributed by atoms with van der Waals surface area (Å²) in [7, 11) is 0. The molecule has 2 saturated carbocycles. The highest BCUT2D eigenvalue weighted by atomic mass is 16.7. The fourth-order valence-electron chi connectivity index (χ4n) is 5.94. The number of allylic oxidation sites excluding steroid dienone is 1. The summed E-state index contributed by atoms with van der Waals surface area (Å²) in [5.41, 5.74) is -0.0884. The molecule has 0 aromatic carbocycles. The minimum Gasteiger partial charge on any atom is -0.461 e. The Balaban J connectivity index is 1.52. The lowest BCUT2D eigenvalue weighted by Crippen LogP contribution is -2.63. The van der Waals surface area contributed by atoms with E-state index in [9.17, 15) is 9.59 Å². The highest BCUT2D eigenvalue weighted by Gasteiger charge is 2.82. The Labute approximate surface area is 153 Å². The lowest BCUT2D eigenvalue weighted by atomic mass is 9.51. The van der Waals surface area contributed by atoms with E-state index in [0.29, 0.717) is 12.2 Å². The van der Waals surface area contributed by atoms with Crippen molar-refractivity contribution in [3.05, 3.63) is 11.6 Å². The second-order valence-electron chi connectivity index (χ2n) is 8.94. The first-order valence-corrected chi connectivity index (χ1v) is 9.67. The Kier molecular flexibility index (Phi) is 3.29. The van der Waals surface area contributed by atoms with Crippen LogP contribution in [0.5, 0.6) is 0 Å². The number of ether oxygens (including phenoxy) is 4. The molecule has 0 radical (unpaired) electrons. The molecule has 0 aromatic rings. The fraction of sp³-hybridized carbons (Fsp3) is 0.800. The summed E-state index contributed by atoms with van der Waals surface area (Å²) in [6, 6.07) is 0. The van der Waals surface area contributed by atoms with E-state index in [-0.39, 0.29) is 65.1 Å². The van der Waals surface area contributed by atoms with Crippen LogP contribution in [0, 0.1) is 23.2 Å². The van der Waals surface area contributed by atoms with Crippen molar-refractivity contribution in [2.24, 2.45) is 23.2 Å². The van der Waals surface area contributed by atoms with Gasteiger partial charge in [0.1, 0.15) is 30.0 Å². The van der Waals surface area contributed by atoms with Crippen LogP contribution in [0.15, 0.2) is 11.6 Å². The number of carbonyl (C=O) groups is 2. The second kappa shape index (κ2) is 5.10. The van der Waals surface area contributed by atoms with Crippen LogP contribution in [0.4, 0.5) is 0 Å². The first-order chi connectivity index (χ1) is 12.3. The average molecular weight is 362 g/mol. The molecule has 3 heterocycles. The quantitative estimate of drug-likeness (QED) is 0.425. The summed E-state index contributed by atoms with van der Waals surface area (Å²) in [5.74, 6) is -0.263. The molecule has 6 nitrogen and oxygen atoms in total. The maximum Gasteiger partial charge on any atom is 0.333 e. The first-order valence-electron chi connectivity index (χ1n) is 9.67. The Bertz CT molecular complexity index is 709. The molecule has 0 bridgehead atoms. The standard InChI is InChI=1S/C20H26O6/c1-5-9(2)17(21)26-15-13-16(24-13)20(8-23-20)14-12-11(6-7-19(14,15)4)10(3)18(22)25-12/h5,10-16H,6-8H2,1-4H3/b9-5-/t10-,11+,12-,13+,14-,15-,16+,19-,20+/m1/s1. The molecule has 1 spiro atoms. The van der Waals surface area contributed by atoms with Crippen molar-refractivity contribution >= 4 is 11.9 Å². The molecule has 0 N–H and O–H groups in total. The van der Waals surface area contributed by atoms with E-state index in [0.717, 1.165) is 12.8 Å². The minimum absolute atomic E-state index is 0.00936. The van der Waals surface area contributed by atoms with Crippen molar-refractivity contribution in [3.8, 4) is 0 Å². The van der Waals surface area contributed by atoms with Gasteiger partial charge in [-0.2, -0.15) is 0 Å². The van der Waals surface area contributed by atoms with Gasteiger partial charge in [-0.15, -0.1) is 0 Å². The third-order valence-corrected chi connectivity index (χ3v) is 7.69. The monoisotopic (exact) mass is 362 g/mol. The van der Waals surface area contributed by atoms with Crippen LogP contribution in [0.2, 0.25) is 0 Å². The van der Waals surface area contributed by atoms with Gasteiger partial charge in [0.2, 0.25) is 0 Å². The van der Waals surface area contributed by atoms with Crippen molar-refractivity contribution in [3.63, 3.8) is 0 Å². The van der Waals surface area contributed by atoms with E-state index in [1.54, 1.807) is 13.0 Å². The van der Waals surface area contributed by atoms with Crippen LogP contribution in [0.1, 0.15) is 40.5 Å². The zero-order valence-electron chi connectivity index (χ0n) is 15.7. The molecule has 5 fully saturated rings. The van der Waals surface area contributed by atoms with Crippen molar-refractivity contribution in [1.82, 2.24) is 0 Å². The highest BCUT2D eigenvalue weighted by molar-refractivity contribution is 5.87. The molecule has 5 rings (SSSR count). The number of hydrogen-bond donors (Lipinski definition) is 0. The van der Waals surface area contributed by atoms with Gasteiger partial charge in [0, 0.05) is 22.8 Å². The molecule has 9 atom stereocenters. The fourth-order valence-corrected chi connectivity index (χ4v) is 5.94. The van der Waals surface area contributed by atoms with Crippen molar-refractivity contribution in [2.45, 2.75) is 70.6 Å². The Morgan fingerprint density at radius 1 is 1.35 bits per heavy atom. The topological polar surface area (TPSA) is 77.7 Å². The predicted octanol–water partition coefficient (Wildman–Crippen LogP) is 2.01. The molecule has 5 aliphatic rings. The highest BCUT2D eigenvalue weighted by Crippen LogP contribution is 2.68. The average Bonchev–Trinajstić information content (AvgIpc) is 3.51.